The average Bonchev–Trinajstić information content (AvgIpc) is 3.40. The van der Waals surface area contributed by atoms with Gasteiger partial charge in [0.25, 0.3) is 0 Å². The van der Waals surface area contributed by atoms with E-state index in [0.29, 0.717) is 43.7 Å². The molecule has 0 saturated carbocycles. The number of hydrogen-bond donors (Lipinski definition) is 2. The summed E-state index contributed by atoms with van der Waals surface area (Å²) in [4.78, 5) is 4.37. The number of benzene rings is 3. The van der Waals surface area contributed by atoms with Gasteiger partial charge in [-0.25, -0.2) is 4.39 Å². The van der Waals surface area contributed by atoms with E-state index in [1.54, 1.807) is 24.3 Å². The molecule has 0 bridgehead atoms. The van der Waals surface area contributed by atoms with Crippen LogP contribution in [-0.4, -0.2) is 10.1 Å². The number of pyridine rings is 1. The number of nitriles is 1. The lowest BCUT2D eigenvalue weighted by molar-refractivity contribution is 0.410. The van der Waals surface area contributed by atoms with Gasteiger partial charge in [0.1, 0.15) is 23.8 Å². The molecule has 0 unspecified atom stereocenters. The molecule has 5 aromatic rings. The van der Waals surface area contributed by atoms with Crippen LogP contribution in [0.25, 0.3) is 10.9 Å². The lowest BCUT2D eigenvalue weighted by Crippen LogP contribution is -2.13. The Morgan fingerprint density at radius 2 is 1.72 bits per heavy atom. The van der Waals surface area contributed by atoms with Crippen molar-refractivity contribution in [3.05, 3.63) is 111 Å². The predicted molar refractivity (Wildman–Crippen MR) is 140 cm³/mol. The molecule has 2 heterocycles. The highest BCUT2D eigenvalue weighted by atomic mass is 35.5. The zero-order valence-corrected chi connectivity index (χ0v) is 20.5. The third-order valence-electron chi connectivity index (χ3n) is 5.50. The Hall–Kier alpha value is -3.83. The van der Waals surface area contributed by atoms with Crippen molar-refractivity contribution < 1.29 is 8.91 Å². The first-order chi connectivity index (χ1) is 17.4. The standard InChI is InChI=1S/C26H15Cl3FN5O/c27-16-3-1-14(2-4-16)25(23-7-8-36-35-23)34-18-9-19-24(33-17-5-6-22(30)20(28)10-17)15(12-31)13-32-26(19)21(29)11-18/h1-11,13,25,34H,(H,32,33)/t25-/m0/s1. The first kappa shape index (κ1) is 23.9. The van der Waals surface area contributed by atoms with Crippen LogP contribution < -0.4 is 10.6 Å². The van der Waals surface area contributed by atoms with Crippen LogP contribution >= 0.6 is 34.8 Å². The van der Waals surface area contributed by atoms with Gasteiger partial charge in [-0.15, -0.1) is 0 Å². The van der Waals surface area contributed by atoms with Crippen molar-refractivity contribution in [2.75, 3.05) is 10.6 Å². The van der Waals surface area contributed by atoms with Gasteiger partial charge in [0, 0.05) is 34.0 Å². The van der Waals surface area contributed by atoms with Crippen molar-refractivity contribution in [2.45, 2.75) is 6.04 Å². The van der Waals surface area contributed by atoms with E-state index in [0.717, 1.165) is 5.56 Å². The summed E-state index contributed by atoms with van der Waals surface area (Å²) in [5.74, 6) is -0.544. The summed E-state index contributed by atoms with van der Waals surface area (Å²) in [6.07, 6.45) is 2.92. The summed E-state index contributed by atoms with van der Waals surface area (Å²) in [5.41, 5.74) is 3.92. The van der Waals surface area contributed by atoms with Gasteiger partial charge >= 0.3 is 0 Å². The third kappa shape index (κ3) is 4.79. The smallest absolute Gasteiger partial charge is 0.141 e. The number of aromatic nitrogens is 2. The molecule has 1 atom stereocenters. The summed E-state index contributed by atoms with van der Waals surface area (Å²) in [6.45, 7) is 0. The minimum Gasteiger partial charge on any atom is -0.373 e. The van der Waals surface area contributed by atoms with Crippen LogP contribution in [-0.2, 0) is 0 Å². The number of anilines is 3. The zero-order chi connectivity index (χ0) is 25.2. The molecule has 6 nitrogen and oxygen atoms in total. The number of rotatable bonds is 6. The van der Waals surface area contributed by atoms with Crippen LogP contribution in [0.1, 0.15) is 22.9 Å². The second-order valence-electron chi connectivity index (χ2n) is 7.82. The average molecular weight is 539 g/mol. The Balaban J connectivity index is 1.61. The highest BCUT2D eigenvalue weighted by Gasteiger charge is 2.19. The molecule has 0 spiro atoms. The normalized spacial score (nSPS) is 11.8. The maximum Gasteiger partial charge on any atom is 0.141 e. The molecular weight excluding hydrogens is 524 g/mol. The molecular formula is C26H15Cl3FN5O. The topological polar surface area (TPSA) is 86.8 Å². The number of nitrogens with one attached hydrogen (secondary N) is 2. The quantitative estimate of drug-likeness (QED) is 0.227. The fourth-order valence-electron chi connectivity index (χ4n) is 3.80. The second-order valence-corrected chi connectivity index (χ2v) is 9.07. The minimum atomic E-state index is -0.544. The van der Waals surface area contributed by atoms with Crippen molar-refractivity contribution in [1.82, 2.24) is 10.1 Å². The zero-order valence-electron chi connectivity index (χ0n) is 18.3. The monoisotopic (exact) mass is 537 g/mol. The predicted octanol–water partition coefficient (Wildman–Crippen LogP) is 8.14. The summed E-state index contributed by atoms with van der Waals surface area (Å²) in [6, 6.07) is 18.6. The van der Waals surface area contributed by atoms with Gasteiger partial charge in [0.05, 0.1) is 32.9 Å². The van der Waals surface area contributed by atoms with Crippen molar-refractivity contribution in [3.8, 4) is 6.07 Å². The molecule has 2 aromatic heterocycles. The fraction of sp³-hybridized carbons (Fsp3) is 0.0385. The molecule has 0 aliphatic carbocycles. The number of halogens is 4. The van der Waals surface area contributed by atoms with Crippen LogP contribution in [0, 0.1) is 17.1 Å². The van der Waals surface area contributed by atoms with E-state index in [9.17, 15) is 9.65 Å². The SMILES string of the molecule is N#Cc1cnc2c(Cl)cc(N[C@@H](c3ccc(Cl)cc3)c3ccon3)cc2c1Nc1ccc(F)c(Cl)c1. The van der Waals surface area contributed by atoms with Gasteiger partial charge in [-0.2, -0.15) is 5.26 Å². The van der Waals surface area contributed by atoms with Crippen LogP contribution in [0.15, 0.2) is 77.6 Å². The van der Waals surface area contributed by atoms with Gasteiger partial charge in [0.2, 0.25) is 0 Å². The van der Waals surface area contributed by atoms with E-state index in [1.807, 2.05) is 18.2 Å². The van der Waals surface area contributed by atoms with E-state index >= 15 is 0 Å². The first-order valence-electron chi connectivity index (χ1n) is 10.6. The van der Waals surface area contributed by atoms with Gasteiger partial charge in [-0.1, -0.05) is 52.1 Å². The Morgan fingerprint density at radius 1 is 0.944 bits per heavy atom. The van der Waals surface area contributed by atoms with E-state index in [2.05, 4.69) is 26.8 Å². The number of fused-ring (bicyclic) bond motifs is 1. The second kappa shape index (κ2) is 10.0. The summed E-state index contributed by atoms with van der Waals surface area (Å²) in [7, 11) is 0. The molecule has 0 saturated heterocycles. The number of hydrogen-bond acceptors (Lipinski definition) is 6. The third-order valence-corrected chi connectivity index (χ3v) is 6.33. The molecule has 0 aliphatic heterocycles. The van der Waals surface area contributed by atoms with Crippen LogP contribution in [0.2, 0.25) is 15.1 Å². The fourth-order valence-corrected chi connectivity index (χ4v) is 4.38. The lowest BCUT2D eigenvalue weighted by atomic mass is 10.0. The molecule has 3 aromatic carbocycles. The Bertz CT molecular complexity index is 1600. The minimum absolute atomic E-state index is 0.0457. The highest BCUT2D eigenvalue weighted by Crippen LogP contribution is 2.37. The van der Waals surface area contributed by atoms with Crippen LogP contribution in [0.3, 0.4) is 0 Å². The van der Waals surface area contributed by atoms with Gasteiger partial charge in [-0.05, 0) is 48.0 Å². The van der Waals surface area contributed by atoms with Crippen LogP contribution in [0.5, 0.6) is 0 Å². The number of nitrogens with zero attached hydrogens (tertiary/aromatic N) is 3. The molecule has 0 radical (unpaired) electrons. The molecule has 10 heteroatoms. The van der Waals surface area contributed by atoms with E-state index in [-0.39, 0.29) is 16.6 Å². The summed E-state index contributed by atoms with van der Waals surface area (Å²) >= 11 is 18.6. The summed E-state index contributed by atoms with van der Waals surface area (Å²) in [5, 5.41) is 22.0. The van der Waals surface area contributed by atoms with Crippen molar-refractivity contribution in [1.29, 1.82) is 5.26 Å². The van der Waals surface area contributed by atoms with Crippen molar-refractivity contribution in [3.63, 3.8) is 0 Å². The lowest BCUT2D eigenvalue weighted by Gasteiger charge is -2.20. The highest BCUT2D eigenvalue weighted by molar-refractivity contribution is 6.36. The molecule has 0 amide bonds. The molecule has 36 heavy (non-hydrogen) atoms. The molecule has 0 fully saturated rings. The Kier molecular flexibility index (Phi) is 6.66. The van der Waals surface area contributed by atoms with Gasteiger partial charge in [-0.3, -0.25) is 4.98 Å². The van der Waals surface area contributed by atoms with Crippen molar-refractivity contribution in [2.24, 2.45) is 0 Å². The first-order valence-corrected chi connectivity index (χ1v) is 11.7. The van der Waals surface area contributed by atoms with Crippen LogP contribution in [0.4, 0.5) is 21.5 Å². The maximum absolute atomic E-state index is 13.7. The van der Waals surface area contributed by atoms with E-state index in [1.165, 1.54) is 30.7 Å². The molecule has 2 N–H and O–H groups in total. The molecule has 5 rings (SSSR count). The van der Waals surface area contributed by atoms with E-state index < -0.39 is 5.82 Å². The largest absolute Gasteiger partial charge is 0.373 e. The Labute approximate surface area is 220 Å². The molecule has 0 aliphatic rings. The van der Waals surface area contributed by atoms with Gasteiger partial charge in [0.15, 0.2) is 0 Å². The van der Waals surface area contributed by atoms with Gasteiger partial charge < -0.3 is 15.2 Å². The Morgan fingerprint density at radius 3 is 2.42 bits per heavy atom. The maximum atomic E-state index is 13.7. The molecule has 178 valence electrons. The van der Waals surface area contributed by atoms with E-state index in [4.69, 9.17) is 39.3 Å². The van der Waals surface area contributed by atoms with Crippen molar-refractivity contribution >= 4 is 62.8 Å². The summed E-state index contributed by atoms with van der Waals surface area (Å²) < 4.78 is 18.7.